The Morgan fingerprint density at radius 3 is 2.58 bits per heavy atom. The smallest absolute Gasteiger partial charge is 0.273 e. The number of aryl methyl sites for hydroxylation is 1. The number of anilines is 1. The van der Waals surface area contributed by atoms with Gasteiger partial charge in [0.25, 0.3) is 5.91 Å². The minimum absolute atomic E-state index is 0.0984. The van der Waals surface area contributed by atoms with Crippen molar-refractivity contribution in [2.45, 2.75) is 39.2 Å². The number of carbonyl (C=O) groups is 2. The Morgan fingerprint density at radius 2 is 2.08 bits per heavy atom. The van der Waals surface area contributed by atoms with E-state index in [4.69, 9.17) is 0 Å². The van der Waals surface area contributed by atoms with Crippen LogP contribution in [0.4, 0.5) is 10.1 Å². The fourth-order valence-electron chi connectivity index (χ4n) is 2.65. The third-order valence-corrected chi connectivity index (χ3v) is 4.80. The van der Waals surface area contributed by atoms with E-state index in [2.05, 4.69) is 9.97 Å². The molecule has 0 saturated heterocycles. The lowest BCUT2D eigenvalue weighted by molar-refractivity contribution is -0.120. The highest BCUT2D eigenvalue weighted by Crippen LogP contribution is 2.31. The molecule has 0 aliphatic heterocycles. The van der Waals surface area contributed by atoms with Gasteiger partial charge in [0.1, 0.15) is 5.69 Å². The van der Waals surface area contributed by atoms with Crippen LogP contribution in [0.3, 0.4) is 0 Å². The maximum absolute atomic E-state index is 13.5. The first kappa shape index (κ1) is 16.5. The van der Waals surface area contributed by atoms with Gasteiger partial charge >= 0.3 is 0 Å². The monoisotopic (exact) mass is 348 g/mol. The number of hydrogen-bond donors (Lipinski definition) is 0. The second kappa shape index (κ2) is 6.64. The van der Waals surface area contributed by atoms with Crippen LogP contribution in [-0.2, 0) is 4.79 Å². The molecule has 0 N–H and O–H groups in total. The van der Waals surface area contributed by atoms with Gasteiger partial charge in [-0.1, -0.05) is 0 Å². The number of pyridine rings is 1. The largest absolute Gasteiger partial charge is 0.292 e. The molecule has 2 aromatic rings. The van der Waals surface area contributed by atoms with Gasteiger partial charge in [-0.2, -0.15) is 4.39 Å². The van der Waals surface area contributed by atoms with Crippen LogP contribution in [0.1, 0.15) is 41.6 Å². The van der Waals surface area contributed by atoms with Crippen molar-refractivity contribution in [3.63, 3.8) is 0 Å². The van der Waals surface area contributed by atoms with Gasteiger partial charge in [-0.15, -0.1) is 11.3 Å². The molecule has 0 unspecified atom stereocenters. The summed E-state index contributed by atoms with van der Waals surface area (Å²) < 4.78 is 13.5. The number of rotatable bonds is 3. The van der Waals surface area contributed by atoms with Gasteiger partial charge in [0.15, 0.2) is 0 Å². The lowest BCUT2D eigenvalue weighted by Crippen LogP contribution is -2.56. The van der Waals surface area contributed by atoms with E-state index in [1.54, 1.807) is 5.51 Å². The maximum Gasteiger partial charge on any atom is 0.292 e. The molecule has 1 saturated carbocycles. The molecule has 126 valence electrons. The van der Waals surface area contributed by atoms with Gasteiger partial charge in [0.05, 0.1) is 17.2 Å². The first-order valence-corrected chi connectivity index (χ1v) is 8.53. The van der Waals surface area contributed by atoms with Crippen molar-refractivity contribution >= 4 is 28.8 Å². The summed E-state index contributed by atoms with van der Waals surface area (Å²) in [6.45, 7) is 3.17. The van der Waals surface area contributed by atoms with Crippen LogP contribution in [-0.4, -0.2) is 32.8 Å². The lowest BCUT2D eigenvalue weighted by atomic mass is 9.92. The van der Waals surface area contributed by atoms with E-state index in [0.717, 1.165) is 30.2 Å². The Labute approximate surface area is 142 Å². The van der Waals surface area contributed by atoms with Gasteiger partial charge in [-0.3, -0.25) is 9.59 Å². The number of aromatic nitrogens is 2. The number of hydrogen-bond acceptors (Lipinski definition) is 5. The van der Waals surface area contributed by atoms with E-state index >= 15 is 0 Å². The molecule has 6 nitrogen and oxygen atoms in total. The Morgan fingerprint density at radius 1 is 1.33 bits per heavy atom. The van der Waals surface area contributed by atoms with Crippen LogP contribution >= 0.6 is 11.3 Å². The van der Waals surface area contributed by atoms with Gasteiger partial charge in [-0.05, 0) is 32.3 Å². The van der Waals surface area contributed by atoms with Crippen molar-refractivity contribution in [1.29, 1.82) is 0 Å². The van der Waals surface area contributed by atoms with Gasteiger partial charge in [0.2, 0.25) is 11.9 Å². The SMILES string of the molecule is CC(=O)N(c1ccnc(F)c1)N(C(=O)c1ncsc1C)C1CCC1. The zero-order valence-electron chi connectivity index (χ0n) is 13.4. The maximum atomic E-state index is 13.5. The summed E-state index contributed by atoms with van der Waals surface area (Å²) in [5.74, 6) is -1.41. The lowest BCUT2D eigenvalue weighted by Gasteiger charge is -2.43. The zero-order valence-corrected chi connectivity index (χ0v) is 14.2. The number of nitrogens with zero attached hydrogens (tertiary/aromatic N) is 4. The molecule has 0 bridgehead atoms. The van der Waals surface area contributed by atoms with E-state index in [1.807, 2.05) is 6.92 Å². The molecule has 0 atom stereocenters. The highest BCUT2D eigenvalue weighted by Gasteiger charge is 2.37. The zero-order chi connectivity index (χ0) is 17.3. The number of hydrazine groups is 1. The Bertz CT molecular complexity index is 775. The third-order valence-electron chi connectivity index (χ3n) is 4.04. The van der Waals surface area contributed by atoms with E-state index in [0.29, 0.717) is 5.69 Å². The fraction of sp³-hybridized carbons (Fsp3) is 0.375. The number of halogens is 1. The quantitative estimate of drug-likeness (QED) is 0.632. The highest BCUT2D eigenvalue weighted by molar-refractivity contribution is 7.09. The number of carbonyl (C=O) groups excluding carboxylic acids is 2. The van der Waals surface area contributed by atoms with Crippen molar-refractivity contribution in [2.24, 2.45) is 0 Å². The predicted molar refractivity (Wildman–Crippen MR) is 88.0 cm³/mol. The van der Waals surface area contributed by atoms with Crippen LogP contribution in [0.15, 0.2) is 23.8 Å². The summed E-state index contributed by atoms with van der Waals surface area (Å²) in [6.07, 6.45) is 3.86. The third kappa shape index (κ3) is 3.01. The van der Waals surface area contributed by atoms with Crippen molar-refractivity contribution in [1.82, 2.24) is 15.0 Å². The molecular weight excluding hydrogens is 331 g/mol. The summed E-state index contributed by atoms with van der Waals surface area (Å²) in [4.78, 5) is 33.7. The van der Waals surface area contributed by atoms with Crippen molar-refractivity contribution < 1.29 is 14.0 Å². The minimum atomic E-state index is -0.704. The standard InChI is InChI=1S/C16H17FN4O2S/c1-10-15(19-9-24-10)16(23)21(12-4-3-5-12)20(11(2)22)13-6-7-18-14(17)8-13/h6-9,12H,3-5H2,1-2H3. The molecule has 1 aliphatic rings. The molecule has 2 heterocycles. The van der Waals surface area contributed by atoms with Gasteiger partial charge in [0, 0.05) is 24.1 Å². The van der Waals surface area contributed by atoms with E-state index in [1.165, 1.54) is 40.5 Å². The van der Waals surface area contributed by atoms with Crippen LogP contribution in [0.2, 0.25) is 0 Å². The molecule has 8 heteroatoms. The summed E-state index contributed by atoms with van der Waals surface area (Å²) in [6, 6.07) is 2.56. The van der Waals surface area contributed by atoms with Crippen LogP contribution in [0.25, 0.3) is 0 Å². The molecule has 3 rings (SSSR count). The van der Waals surface area contributed by atoms with Crippen LogP contribution in [0.5, 0.6) is 0 Å². The van der Waals surface area contributed by atoms with Crippen LogP contribution in [0, 0.1) is 12.9 Å². The molecule has 2 aromatic heterocycles. The average Bonchev–Trinajstić information content (AvgIpc) is 2.90. The molecule has 0 radical (unpaired) electrons. The van der Waals surface area contributed by atoms with Crippen molar-refractivity contribution in [2.75, 3.05) is 5.01 Å². The molecule has 0 aromatic carbocycles. The van der Waals surface area contributed by atoms with E-state index < -0.39 is 5.95 Å². The first-order valence-electron chi connectivity index (χ1n) is 7.65. The molecule has 1 fully saturated rings. The normalized spacial score (nSPS) is 14.1. The van der Waals surface area contributed by atoms with Crippen LogP contribution < -0.4 is 5.01 Å². The second-order valence-corrected chi connectivity index (χ2v) is 6.72. The van der Waals surface area contributed by atoms with Crippen molar-refractivity contribution in [3.8, 4) is 0 Å². The average molecular weight is 348 g/mol. The Kier molecular flexibility index (Phi) is 4.57. The number of thiazole rings is 1. The molecular formula is C16H17FN4O2S. The Hall–Kier alpha value is -2.35. The predicted octanol–water partition coefficient (Wildman–Crippen LogP) is 2.95. The first-order chi connectivity index (χ1) is 11.5. The van der Waals surface area contributed by atoms with Gasteiger partial charge in [-0.25, -0.2) is 20.0 Å². The molecule has 0 spiro atoms. The second-order valence-electron chi connectivity index (χ2n) is 5.66. The Balaban J connectivity index is 2.04. The topological polar surface area (TPSA) is 66.4 Å². The van der Waals surface area contributed by atoms with Gasteiger partial charge < -0.3 is 0 Å². The summed E-state index contributed by atoms with van der Waals surface area (Å²) in [7, 11) is 0. The van der Waals surface area contributed by atoms with E-state index in [-0.39, 0.29) is 23.5 Å². The van der Waals surface area contributed by atoms with E-state index in [9.17, 15) is 14.0 Å². The minimum Gasteiger partial charge on any atom is -0.273 e. The summed E-state index contributed by atoms with van der Waals surface area (Å²) in [5.41, 5.74) is 2.21. The summed E-state index contributed by atoms with van der Waals surface area (Å²) in [5, 5.41) is 2.65. The highest BCUT2D eigenvalue weighted by atomic mass is 32.1. The van der Waals surface area contributed by atoms with Crippen molar-refractivity contribution in [3.05, 3.63) is 40.4 Å². The molecule has 24 heavy (non-hydrogen) atoms. The number of amides is 2. The molecule has 2 amide bonds. The molecule has 1 aliphatic carbocycles. The summed E-state index contributed by atoms with van der Waals surface area (Å²) >= 11 is 1.37. The fourth-order valence-corrected chi connectivity index (χ4v) is 3.22.